The van der Waals surface area contributed by atoms with E-state index in [4.69, 9.17) is 5.84 Å². The van der Waals surface area contributed by atoms with E-state index in [0.29, 0.717) is 12.0 Å². The van der Waals surface area contributed by atoms with E-state index in [-0.39, 0.29) is 0 Å². The van der Waals surface area contributed by atoms with Crippen LogP contribution in [-0.2, 0) is 0 Å². The normalized spacial score (nSPS) is 26.9. The number of hydrazine groups is 1. The molecule has 2 nitrogen and oxygen atoms in total. The molecule has 1 aromatic carbocycles. The Morgan fingerprint density at radius 2 is 1.92 bits per heavy atom. The minimum absolute atomic E-state index is 0.354. The van der Waals surface area contributed by atoms with Crippen molar-refractivity contribution >= 4 is 0 Å². The number of fused-ring (bicyclic) bond motifs is 1. The fourth-order valence-corrected chi connectivity index (χ4v) is 2.18. The van der Waals surface area contributed by atoms with Crippen molar-refractivity contribution in [2.24, 2.45) is 5.84 Å². The second-order valence-corrected chi connectivity index (χ2v) is 3.83. The van der Waals surface area contributed by atoms with Crippen molar-refractivity contribution < 1.29 is 0 Å². The summed E-state index contributed by atoms with van der Waals surface area (Å²) < 4.78 is 0. The Balaban J connectivity index is 2.42. The molecule has 0 spiro atoms. The molecule has 2 atom stereocenters. The van der Waals surface area contributed by atoms with Gasteiger partial charge < -0.3 is 0 Å². The number of rotatable bonds is 1. The molecule has 3 N–H and O–H groups in total. The predicted molar refractivity (Wildman–Crippen MR) is 54.2 cm³/mol. The van der Waals surface area contributed by atoms with Gasteiger partial charge in [0.1, 0.15) is 0 Å². The molecule has 0 aromatic heterocycles. The Kier molecular flexibility index (Phi) is 2.34. The molecule has 0 fully saturated rings. The number of hydrogen-bond acceptors (Lipinski definition) is 2. The van der Waals surface area contributed by atoms with Gasteiger partial charge >= 0.3 is 0 Å². The zero-order valence-corrected chi connectivity index (χ0v) is 7.96. The first kappa shape index (κ1) is 8.73. The molecule has 0 bridgehead atoms. The third-order valence-corrected chi connectivity index (χ3v) is 2.99. The SMILES string of the molecule is C[C@@H]1CC[C@H](NN)c2ccccc21. The Morgan fingerprint density at radius 3 is 2.62 bits per heavy atom. The van der Waals surface area contributed by atoms with E-state index in [2.05, 4.69) is 36.6 Å². The van der Waals surface area contributed by atoms with Crippen LogP contribution in [0.15, 0.2) is 24.3 Å². The van der Waals surface area contributed by atoms with Crippen molar-refractivity contribution in [1.82, 2.24) is 5.43 Å². The summed E-state index contributed by atoms with van der Waals surface area (Å²) in [6, 6.07) is 8.93. The van der Waals surface area contributed by atoms with Crippen molar-refractivity contribution in [3.8, 4) is 0 Å². The van der Waals surface area contributed by atoms with Crippen molar-refractivity contribution in [2.75, 3.05) is 0 Å². The van der Waals surface area contributed by atoms with Crippen LogP contribution in [-0.4, -0.2) is 0 Å². The van der Waals surface area contributed by atoms with Gasteiger partial charge in [0.2, 0.25) is 0 Å². The first-order valence-electron chi connectivity index (χ1n) is 4.88. The summed E-state index contributed by atoms with van der Waals surface area (Å²) in [4.78, 5) is 0. The van der Waals surface area contributed by atoms with Gasteiger partial charge in [-0.1, -0.05) is 31.2 Å². The summed E-state index contributed by atoms with van der Waals surface area (Å²) in [6.07, 6.45) is 2.38. The van der Waals surface area contributed by atoms with Crippen LogP contribution < -0.4 is 11.3 Å². The fraction of sp³-hybridized carbons (Fsp3) is 0.455. The summed E-state index contributed by atoms with van der Waals surface area (Å²) in [5.74, 6) is 6.19. The van der Waals surface area contributed by atoms with E-state index in [1.807, 2.05) is 0 Å². The van der Waals surface area contributed by atoms with Crippen molar-refractivity contribution in [3.63, 3.8) is 0 Å². The smallest absolute Gasteiger partial charge is 0.0463 e. The summed E-state index contributed by atoms with van der Waals surface area (Å²) in [6.45, 7) is 2.28. The highest BCUT2D eigenvalue weighted by atomic mass is 15.2. The van der Waals surface area contributed by atoms with Crippen LogP contribution in [0.2, 0.25) is 0 Å². The second kappa shape index (κ2) is 3.48. The zero-order chi connectivity index (χ0) is 9.26. The Morgan fingerprint density at radius 1 is 1.23 bits per heavy atom. The van der Waals surface area contributed by atoms with Gasteiger partial charge in [-0.2, -0.15) is 0 Å². The molecule has 2 rings (SSSR count). The van der Waals surface area contributed by atoms with Gasteiger partial charge in [0.25, 0.3) is 0 Å². The molecule has 0 saturated carbocycles. The highest BCUT2D eigenvalue weighted by Gasteiger charge is 2.22. The van der Waals surface area contributed by atoms with Crippen molar-refractivity contribution in [2.45, 2.75) is 31.7 Å². The average molecular weight is 176 g/mol. The first-order valence-corrected chi connectivity index (χ1v) is 4.88. The van der Waals surface area contributed by atoms with Crippen molar-refractivity contribution in [1.29, 1.82) is 0 Å². The standard InChI is InChI=1S/C11H16N2/c1-8-6-7-11(13-12)10-5-3-2-4-9(8)10/h2-5,8,11,13H,6-7,12H2,1H3/t8-,11+/m1/s1. The molecular weight excluding hydrogens is 160 g/mol. The van der Waals surface area contributed by atoms with Crippen molar-refractivity contribution in [3.05, 3.63) is 35.4 Å². The molecule has 0 heterocycles. The minimum Gasteiger partial charge on any atom is -0.271 e. The molecule has 0 amide bonds. The topological polar surface area (TPSA) is 38.0 Å². The Hall–Kier alpha value is -0.860. The van der Waals surface area contributed by atoms with Gasteiger partial charge in [-0.15, -0.1) is 0 Å². The number of benzene rings is 1. The summed E-state index contributed by atoms with van der Waals surface area (Å²) >= 11 is 0. The van der Waals surface area contributed by atoms with Crippen LogP contribution in [0.3, 0.4) is 0 Å². The minimum atomic E-state index is 0.354. The molecule has 0 unspecified atom stereocenters. The monoisotopic (exact) mass is 176 g/mol. The van der Waals surface area contributed by atoms with E-state index in [1.165, 1.54) is 17.5 Å². The third-order valence-electron chi connectivity index (χ3n) is 2.99. The molecule has 1 aliphatic carbocycles. The Bertz CT molecular complexity index is 296. The fourth-order valence-electron chi connectivity index (χ4n) is 2.18. The predicted octanol–water partition coefficient (Wildman–Crippen LogP) is 2.09. The number of hydrogen-bond donors (Lipinski definition) is 2. The third kappa shape index (κ3) is 1.47. The summed E-state index contributed by atoms with van der Waals surface area (Å²) in [5.41, 5.74) is 5.71. The molecule has 1 aromatic rings. The van der Waals surface area contributed by atoms with Gasteiger partial charge in [0, 0.05) is 6.04 Å². The lowest BCUT2D eigenvalue weighted by Crippen LogP contribution is -2.31. The first-order chi connectivity index (χ1) is 6.33. The maximum absolute atomic E-state index is 5.51. The molecule has 0 saturated heterocycles. The van der Waals surface area contributed by atoms with Crippen LogP contribution in [0.4, 0.5) is 0 Å². The maximum atomic E-state index is 5.51. The van der Waals surface area contributed by atoms with E-state index < -0.39 is 0 Å². The number of nitrogens with two attached hydrogens (primary N) is 1. The van der Waals surface area contributed by atoms with Gasteiger partial charge in [0.15, 0.2) is 0 Å². The van der Waals surface area contributed by atoms with E-state index in [0.717, 1.165) is 6.42 Å². The van der Waals surface area contributed by atoms with Crippen LogP contribution in [0, 0.1) is 0 Å². The second-order valence-electron chi connectivity index (χ2n) is 3.83. The molecule has 2 heteroatoms. The molecule has 0 radical (unpaired) electrons. The Labute approximate surface area is 79.1 Å². The summed E-state index contributed by atoms with van der Waals surface area (Å²) in [5, 5.41) is 0. The highest BCUT2D eigenvalue weighted by Crippen LogP contribution is 2.36. The molecule has 0 aliphatic heterocycles. The quantitative estimate of drug-likeness (QED) is 0.508. The lowest BCUT2D eigenvalue weighted by Gasteiger charge is -2.29. The van der Waals surface area contributed by atoms with Crippen LogP contribution >= 0.6 is 0 Å². The largest absolute Gasteiger partial charge is 0.271 e. The molecule has 70 valence electrons. The number of nitrogens with one attached hydrogen (secondary N) is 1. The lowest BCUT2D eigenvalue weighted by molar-refractivity contribution is 0.441. The molecule has 1 aliphatic rings. The van der Waals surface area contributed by atoms with Crippen LogP contribution in [0.25, 0.3) is 0 Å². The van der Waals surface area contributed by atoms with Crippen LogP contribution in [0.5, 0.6) is 0 Å². The molecular formula is C11H16N2. The van der Waals surface area contributed by atoms with Crippen LogP contribution in [0.1, 0.15) is 42.9 Å². The summed E-state index contributed by atoms with van der Waals surface area (Å²) in [7, 11) is 0. The molecule has 13 heavy (non-hydrogen) atoms. The van der Waals surface area contributed by atoms with E-state index >= 15 is 0 Å². The lowest BCUT2D eigenvalue weighted by atomic mass is 9.81. The van der Waals surface area contributed by atoms with Gasteiger partial charge in [-0.05, 0) is 29.9 Å². The van der Waals surface area contributed by atoms with Gasteiger partial charge in [-0.25, -0.2) is 0 Å². The zero-order valence-electron chi connectivity index (χ0n) is 7.96. The van der Waals surface area contributed by atoms with E-state index in [9.17, 15) is 0 Å². The average Bonchev–Trinajstić information content (AvgIpc) is 2.19. The highest BCUT2D eigenvalue weighted by molar-refractivity contribution is 5.34. The van der Waals surface area contributed by atoms with Gasteiger partial charge in [-0.3, -0.25) is 11.3 Å². The van der Waals surface area contributed by atoms with E-state index in [1.54, 1.807) is 0 Å². The van der Waals surface area contributed by atoms with Gasteiger partial charge in [0.05, 0.1) is 0 Å². The maximum Gasteiger partial charge on any atom is 0.0463 e.